The van der Waals surface area contributed by atoms with Gasteiger partial charge in [-0.1, -0.05) is 42.8 Å². The van der Waals surface area contributed by atoms with Crippen LogP contribution in [0.1, 0.15) is 37.8 Å². The summed E-state index contributed by atoms with van der Waals surface area (Å²) in [6.45, 7) is 4.16. The third kappa shape index (κ3) is 3.74. The minimum absolute atomic E-state index is 0.916. The summed E-state index contributed by atoms with van der Waals surface area (Å²) < 4.78 is 0. The first-order chi connectivity index (χ1) is 7.27. The Hall–Kier alpha value is -1.31. The second-order valence-electron chi connectivity index (χ2n) is 3.66. The first-order valence-electron chi connectivity index (χ1n) is 5.45. The molecular weight excluding hydrogens is 186 g/mol. The number of rotatable bonds is 5. The molecule has 0 spiro atoms. The molecule has 0 atom stereocenters. The van der Waals surface area contributed by atoms with Crippen molar-refractivity contribution in [2.75, 3.05) is 7.11 Å². The van der Waals surface area contributed by atoms with Crippen molar-refractivity contribution in [2.24, 2.45) is 5.16 Å². The highest BCUT2D eigenvalue weighted by molar-refractivity contribution is 5.98. The molecule has 1 aromatic rings. The summed E-state index contributed by atoms with van der Waals surface area (Å²) in [5, 5.41) is 3.90. The van der Waals surface area contributed by atoms with Gasteiger partial charge < -0.3 is 4.84 Å². The van der Waals surface area contributed by atoms with E-state index < -0.39 is 0 Å². The maximum Gasteiger partial charge on any atom is 0.106 e. The molecule has 0 saturated carbocycles. The molecule has 0 heterocycles. The van der Waals surface area contributed by atoms with Gasteiger partial charge in [0.05, 0.1) is 5.71 Å². The Balaban J connectivity index is 2.67. The van der Waals surface area contributed by atoms with E-state index in [9.17, 15) is 0 Å². The fourth-order valence-electron chi connectivity index (χ4n) is 1.48. The number of hydrogen-bond donors (Lipinski definition) is 0. The van der Waals surface area contributed by atoms with Crippen LogP contribution in [-0.4, -0.2) is 12.8 Å². The van der Waals surface area contributed by atoms with Crippen molar-refractivity contribution in [3.63, 3.8) is 0 Å². The highest BCUT2D eigenvalue weighted by atomic mass is 16.6. The highest BCUT2D eigenvalue weighted by Crippen LogP contribution is 2.08. The van der Waals surface area contributed by atoms with E-state index in [1.807, 2.05) is 6.92 Å². The molecule has 0 radical (unpaired) electrons. The summed E-state index contributed by atoms with van der Waals surface area (Å²) in [5.41, 5.74) is 3.43. The van der Waals surface area contributed by atoms with Crippen LogP contribution in [0, 0.1) is 0 Å². The predicted octanol–water partition coefficient (Wildman–Crippen LogP) is 3.40. The summed E-state index contributed by atoms with van der Waals surface area (Å²) >= 11 is 0. The van der Waals surface area contributed by atoms with E-state index in [0.29, 0.717) is 0 Å². The Bertz CT molecular complexity index is 314. The maximum absolute atomic E-state index is 4.74. The molecule has 1 rings (SSSR count). The SMILES string of the molecule is CCCCc1ccc(/C(C)=N/OC)cc1. The minimum atomic E-state index is 0.916. The van der Waals surface area contributed by atoms with Gasteiger partial charge in [0.15, 0.2) is 0 Å². The summed E-state index contributed by atoms with van der Waals surface area (Å²) in [6.07, 6.45) is 3.66. The van der Waals surface area contributed by atoms with Crippen LogP contribution in [0.2, 0.25) is 0 Å². The molecule has 0 amide bonds. The molecule has 2 heteroatoms. The standard InChI is InChI=1S/C13H19NO/c1-4-5-6-12-7-9-13(10-8-12)11(2)14-15-3/h7-10H,4-6H2,1-3H3/b14-11+. The molecule has 82 valence electrons. The van der Waals surface area contributed by atoms with Crippen LogP contribution in [0.3, 0.4) is 0 Å². The lowest BCUT2D eigenvalue weighted by atomic mass is 10.0. The molecule has 15 heavy (non-hydrogen) atoms. The first-order valence-corrected chi connectivity index (χ1v) is 5.45. The van der Waals surface area contributed by atoms with Gasteiger partial charge in [0.1, 0.15) is 7.11 Å². The van der Waals surface area contributed by atoms with Crippen LogP contribution in [-0.2, 0) is 11.3 Å². The smallest absolute Gasteiger partial charge is 0.106 e. The van der Waals surface area contributed by atoms with E-state index >= 15 is 0 Å². The molecule has 2 nitrogen and oxygen atoms in total. The van der Waals surface area contributed by atoms with Crippen LogP contribution >= 0.6 is 0 Å². The molecule has 0 aromatic heterocycles. The zero-order chi connectivity index (χ0) is 11.1. The van der Waals surface area contributed by atoms with Crippen molar-refractivity contribution in [2.45, 2.75) is 33.1 Å². The van der Waals surface area contributed by atoms with Crippen molar-refractivity contribution in [3.05, 3.63) is 35.4 Å². The van der Waals surface area contributed by atoms with Gasteiger partial charge in [-0.15, -0.1) is 0 Å². The van der Waals surface area contributed by atoms with Crippen LogP contribution < -0.4 is 0 Å². The summed E-state index contributed by atoms with van der Waals surface area (Å²) in [7, 11) is 1.57. The summed E-state index contributed by atoms with van der Waals surface area (Å²) in [5.74, 6) is 0. The Morgan fingerprint density at radius 1 is 1.27 bits per heavy atom. The van der Waals surface area contributed by atoms with Gasteiger partial charge in [-0.25, -0.2) is 0 Å². The number of aryl methyl sites for hydroxylation is 1. The third-order valence-corrected chi connectivity index (χ3v) is 2.42. The number of nitrogens with zero attached hydrogens (tertiary/aromatic N) is 1. The van der Waals surface area contributed by atoms with Crippen molar-refractivity contribution < 1.29 is 4.84 Å². The lowest BCUT2D eigenvalue weighted by Gasteiger charge is -2.02. The van der Waals surface area contributed by atoms with Crippen molar-refractivity contribution in [3.8, 4) is 0 Å². The van der Waals surface area contributed by atoms with Crippen LogP contribution in [0.5, 0.6) is 0 Å². The van der Waals surface area contributed by atoms with E-state index in [4.69, 9.17) is 4.84 Å². The fraction of sp³-hybridized carbons (Fsp3) is 0.462. The van der Waals surface area contributed by atoms with Crippen molar-refractivity contribution in [1.82, 2.24) is 0 Å². The molecule has 1 aromatic carbocycles. The average Bonchev–Trinajstić information content (AvgIpc) is 2.27. The van der Waals surface area contributed by atoms with E-state index in [1.54, 1.807) is 7.11 Å². The van der Waals surface area contributed by atoms with Crippen LogP contribution in [0.15, 0.2) is 29.4 Å². The molecule has 0 aliphatic carbocycles. The highest BCUT2D eigenvalue weighted by Gasteiger charge is 1.98. The van der Waals surface area contributed by atoms with Crippen molar-refractivity contribution in [1.29, 1.82) is 0 Å². The van der Waals surface area contributed by atoms with Crippen molar-refractivity contribution >= 4 is 5.71 Å². The topological polar surface area (TPSA) is 21.6 Å². The van der Waals surface area contributed by atoms with E-state index in [1.165, 1.54) is 18.4 Å². The van der Waals surface area contributed by atoms with Gasteiger partial charge in [0, 0.05) is 0 Å². The molecule has 0 aliphatic rings. The Morgan fingerprint density at radius 3 is 2.47 bits per heavy atom. The average molecular weight is 205 g/mol. The molecule has 0 N–H and O–H groups in total. The summed E-state index contributed by atoms with van der Waals surface area (Å²) in [4.78, 5) is 4.74. The van der Waals surface area contributed by atoms with E-state index in [-0.39, 0.29) is 0 Å². The molecule has 0 fully saturated rings. The Morgan fingerprint density at radius 2 is 1.93 bits per heavy atom. The predicted molar refractivity (Wildman–Crippen MR) is 64.3 cm³/mol. The Labute approximate surface area is 91.9 Å². The zero-order valence-electron chi connectivity index (χ0n) is 9.79. The lowest BCUT2D eigenvalue weighted by molar-refractivity contribution is 0.213. The minimum Gasteiger partial charge on any atom is -0.399 e. The number of unbranched alkanes of at least 4 members (excludes halogenated alkanes) is 1. The maximum atomic E-state index is 4.74. The second-order valence-corrected chi connectivity index (χ2v) is 3.66. The molecule has 0 saturated heterocycles. The number of oxime groups is 1. The number of benzene rings is 1. The van der Waals surface area contributed by atoms with Gasteiger partial charge in [0.2, 0.25) is 0 Å². The van der Waals surface area contributed by atoms with Gasteiger partial charge in [-0.05, 0) is 30.9 Å². The molecule has 0 bridgehead atoms. The molecule has 0 unspecified atom stereocenters. The molecule has 0 aliphatic heterocycles. The first kappa shape index (κ1) is 11.8. The fourth-order valence-corrected chi connectivity index (χ4v) is 1.48. The normalized spacial score (nSPS) is 11.5. The summed E-state index contributed by atoms with van der Waals surface area (Å²) in [6, 6.07) is 8.53. The quantitative estimate of drug-likeness (QED) is 0.533. The third-order valence-electron chi connectivity index (χ3n) is 2.42. The van der Waals surface area contributed by atoms with Crippen LogP contribution in [0.4, 0.5) is 0 Å². The monoisotopic (exact) mass is 205 g/mol. The van der Waals surface area contributed by atoms with E-state index in [2.05, 4.69) is 36.3 Å². The largest absolute Gasteiger partial charge is 0.399 e. The Kier molecular flexibility index (Phi) is 4.88. The zero-order valence-corrected chi connectivity index (χ0v) is 9.79. The van der Waals surface area contributed by atoms with E-state index in [0.717, 1.165) is 17.7 Å². The van der Waals surface area contributed by atoms with Gasteiger partial charge in [-0.2, -0.15) is 0 Å². The second kappa shape index (κ2) is 6.23. The van der Waals surface area contributed by atoms with Gasteiger partial charge in [0.25, 0.3) is 0 Å². The number of hydrogen-bond acceptors (Lipinski definition) is 2. The van der Waals surface area contributed by atoms with Crippen LogP contribution in [0.25, 0.3) is 0 Å². The lowest BCUT2D eigenvalue weighted by Crippen LogP contribution is -1.95. The van der Waals surface area contributed by atoms with Gasteiger partial charge in [-0.3, -0.25) is 0 Å². The molecular formula is C13H19NO. The van der Waals surface area contributed by atoms with Gasteiger partial charge >= 0.3 is 0 Å².